The summed E-state index contributed by atoms with van der Waals surface area (Å²) in [5.41, 5.74) is 0. The fourth-order valence-corrected chi connectivity index (χ4v) is 2.65. The van der Waals surface area contributed by atoms with Gasteiger partial charge in [-0.15, -0.1) is 0 Å². The molecular formula is C6H9NO2S2. The average molecular weight is 191 g/mol. The summed E-state index contributed by atoms with van der Waals surface area (Å²) in [6, 6.07) is 0. The van der Waals surface area contributed by atoms with Crippen molar-refractivity contribution in [3.63, 3.8) is 0 Å². The Morgan fingerprint density at radius 3 is 3.09 bits per heavy atom. The molecule has 1 aliphatic heterocycles. The molecule has 5 heteroatoms. The van der Waals surface area contributed by atoms with Crippen LogP contribution in [0.25, 0.3) is 0 Å². The Morgan fingerprint density at radius 1 is 1.91 bits per heavy atom. The van der Waals surface area contributed by atoms with Crippen molar-refractivity contribution in [2.24, 2.45) is 4.99 Å². The minimum atomic E-state index is -0.773. The van der Waals surface area contributed by atoms with E-state index in [1.54, 1.807) is 18.7 Å². The molecule has 0 fully saturated rings. The molecule has 0 spiro atoms. The summed E-state index contributed by atoms with van der Waals surface area (Å²) in [5.74, 6) is 0.222. The Morgan fingerprint density at radius 2 is 2.64 bits per heavy atom. The van der Waals surface area contributed by atoms with E-state index in [0.29, 0.717) is 0 Å². The summed E-state index contributed by atoms with van der Waals surface area (Å²) in [6.07, 6.45) is 0. The smallest absolute Gasteiger partial charge is 0.316 e. The third-order valence-electron chi connectivity index (χ3n) is 1.18. The van der Waals surface area contributed by atoms with Gasteiger partial charge in [0.15, 0.2) is 0 Å². The number of aliphatic carboxylic acids is 1. The van der Waals surface area contributed by atoms with Crippen molar-refractivity contribution < 1.29 is 9.90 Å². The van der Waals surface area contributed by atoms with E-state index >= 15 is 0 Å². The van der Waals surface area contributed by atoms with Gasteiger partial charge in [0.1, 0.15) is 9.63 Å². The fraction of sp³-hybridized carbons (Fsp3) is 0.667. The zero-order valence-corrected chi connectivity index (χ0v) is 7.74. The van der Waals surface area contributed by atoms with Gasteiger partial charge in [-0.3, -0.25) is 9.79 Å². The van der Waals surface area contributed by atoms with Gasteiger partial charge in [-0.2, -0.15) is 0 Å². The van der Waals surface area contributed by atoms with Crippen LogP contribution in [0.4, 0.5) is 0 Å². The van der Waals surface area contributed by atoms with Crippen molar-refractivity contribution in [2.45, 2.75) is 12.2 Å². The number of carbonyl (C=O) groups is 1. The first kappa shape index (κ1) is 8.93. The third-order valence-corrected chi connectivity index (χ3v) is 3.47. The van der Waals surface area contributed by atoms with Crippen LogP contribution in [0.2, 0.25) is 0 Å². The lowest BCUT2D eigenvalue weighted by molar-refractivity contribution is -0.136. The monoisotopic (exact) mass is 191 g/mol. The number of thioether (sulfide) groups is 2. The topological polar surface area (TPSA) is 49.7 Å². The van der Waals surface area contributed by atoms with Crippen molar-refractivity contribution >= 4 is 33.9 Å². The number of carboxylic acids is 1. The largest absolute Gasteiger partial charge is 0.480 e. The molecule has 1 aliphatic rings. The van der Waals surface area contributed by atoms with Gasteiger partial charge in [0.25, 0.3) is 0 Å². The first-order chi connectivity index (χ1) is 5.20. The number of hydrogen-bond donors (Lipinski definition) is 1. The van der Waals surface area contributed by atoms with Crippen LogP contribution in [0, 0.1) is 0 Å². The minimum Gasteiger partial charge on any atom is -0.480 e. The van der Waals surface area contributed by atoms with Crippen LogP contribution in [0.3, 0.4) is 0 Å². The minimum absolute atomic E-state index is 0.376. The SMILES string of the molecule is C[C@H](SC1=NCCS1)C(=O)O. The summed E-state index contributed by atoms with van der Waals surface area (Å²) < 4.78 is 0.917. The second kappa shape index (κ2) is 4.01. The van der Waals surface area contributed by atoms with Gasteiger partial charge in [0.05, 0.1) is 6.54 Å². The maximum atomic E-state index is 10.4. The summed E-state index contributed by atoms with van der Waals surface area (Å²) in [6.45, 7) is 2.51. The molecule has 0 unspecified atom stereocenters. The maximum Gasteiger partial charge on any atom is 0.316 e. The van der Waals surface area contributed by atoms with Gasteiger partial charge >= 0.3 is 5.97 Å². The Balaban J connectivity index is 2.35. The van der Waals surface area contributed by atoms with E-state index in [4.69, 9.17) is 5.11 Å². The summed E-state index contributed by atoms with van der Waals surface area (Å²) in [7, 11) is 0. The highest BCUT2D eigenvalue weighted by molar-refractivity contribution is 8.39. The fourth-order valence-electron chi connectivity index (χ4n) is 0.588. The van der Waals surface area contributed by atoms with E-state index in [9.17, 15) is 4.79 Å². The predicted molar refractivity (Wildman–Crippen MR) is 49.4 cm³/mol. The summed E-state index contributed by atoms with van der Waals surface area (Å²) in [5, 5.41) is 8.18. The summed E-state index contributed by atoms with van der Waals surface area (Å²) >= 11 is 2.97. The first-order valence-corrected chi connectivity index (χ1v) is 5.13. The van der Waals surface area contributed by atoms with Crippen LogP contribution < -0.4 is 0 Å². The molecule has 1 heterocycles. The lowest BCUT2D eigenvalue weighted by Crippen LogP contribution is -2.12. The Kier molecular flexibility index (Phi) is 3.26. The van der Waals surface area contributed by atoms with E-state index in [1.165, 1.54) is 11.8 Å². The highest BCUT2D eigenvalue weighted by atomic mass is 32.2. The van der Waals surface area contributed by atoms with Crippen molar-refractivity contribution in [3.05, 3.63) is 0 Å². The average Bonchev–Trinajstić information content (AvgIpc) is 2.39. The Bertz CT molecular complexity index is 193. The first-order valence-electron chi connectivity index (χ1n) is 3.27. The van der Waals surface area contributed by atoms with Crippen LogP contribution in [-0.2, 0) is 4.79 Å². The van der Waals surface area contributed by atoms with Crippen LogP contribution in [0.5, 0.6) is 0 Å². The van der Waals surface area contributed by atoms with Crippen LogP contribution in [0.1, 0.15) is 6.92 Å². The molecule has 3 nitrogen and oxygen atoms in total. The number of hydrogen-bond acceptors (Lipinski definition) is 4. The van der Waals surface area contributed by atoms with Crippen LogP contribution in [-0.4, -0.2) is 33.0 Å². The predicted octanol–water partition coefficient (Wildman–Crippen LogP) is 1.30. The lowest BCUT2D eigenvalue weighted by Gasteiger charge is -2.03. The number of aliphatic imine (C=N–C) groups is 1. The molecule has 0 aromatic heterocycles. The number of carboxylic acid groups (broad SMARTS) is 1. The molecule has 0 aliphatic carbocycles. The maximum absolute atomic E-state index is 10.4. The summed E-state index contributed by atoms with van der Waals surface area (Å²) in [4.78, 5) is 14.5. The van der Waals surface area contributed by atoms with Crippen molar-refractivity contribution in [3.8, 4) is 0 Å². The van der Waals surface area contributed by atoms with Crippen molar-refractivity contribution in [1.82, 2.24) is 0 Å². The van der Waals surface area contributed by atoms with Crippen molar-refractivity contribution in [2.75, 3.05) is 12.3 Å². The third kappa shape index (κ3) is 2.75. The van der Waals surface area contributed by atoms with Gasteiger partial charge in [0.2, 0.25) is 0 Å². The molecule has 0 aromatic carbocycles. The molecule has 0 saturated heterocycles. The molecule has 0 bridgehead atoms. The van der Waals surface area contributed by atoms with Crippen LogP contribution in [0.15, 0.2) is 4.99 Å². The second-order valence-corrected chi connectivity index (χ2v) is 4.77. The van der Waals surface area contributed by atoms with E-state index < -0.39 is 5.97 Å². The van der Waals surface area contributed by atoms with Gasteiger partial charge < -0.3 is 5.11 Å². The Labute approximate surface area is 73.7 Å². The van der Waals surface area contributed by atoms with E-state index in [-0.39, 0.29) is 5.25 Å². The molecule has 0 saturated carbocycles. The van der Waals surface area contributed by atoms with E-state index in [2.05, 4.69) is 4.99 Å². The second-order valence-electron chi connectivity index (χ2n) is 2.09. The molecule has 1 N–H and O–H groups in total. The number of nitrogens with zero attached hydrogens (tertiary/aromatic N) is 1. The quantitative estimate of drug-likeness (QED) is 0.714. The zero-order valence-electron chi connectivity index (χ0n) is 6.11. The van der Waals surface area contributed by atoms with Crippen molar-refractivity contribution in [1.29, 1.82) is 0 Å². The lowest BCUT2D eigenvalue weighted by atomic mass is 10.5. The molecule has 11 heavy (non-hydrogen) atoms. The van der Waals surface area contributed by atoms with Gasteiger partial charge in [-0.1, -0.05) is 23.5 Å². The van der Waals surface area contributed by atoms with Crippen LogP contribution >= 0.6 is 23.5 Å². The molecule has 0 aromatic rings. The zero-order chi connectivity index (χ0) is 8.27. The van der Waals surface area contributed by atoms with Gasteiger partial charge in [-0.05, 0) is 6.92 Å². The molecule has 1 atom stereocenters. The van der Waals surface area contributed by atoms with E-state index in [0.717, 1.165) is 16.7 Å². The molecular weight excluding hydrogens is 182 g/mol. The highest BCUT2D eigenvalue weighted by Crippen LogP contribution is 2.25. The molecule has 0 amide bonds. The van der Waals surface area contributed by atoms with Gasteiger partial charge in [0, 0.05) is 5.75 Å². The van der Waals surface area contributed by atoms with Gasteiger partial charge in [-0.25, -0.2) is 0 Å². The number of rotatable bonds is 2. The normalized spacial score (nSPS) is 19.5. The Hall–Kier alpha value is -0.160. The highest BCUT2D eigenvalue weighted by Gasteiger charge is 2.17. The molecule has 0 radical (unpaired) electrons. The molecule has 62 valence electrons. The molecule has 1 rings (SSSR count). The standard InChI is InChI=1S/C6H9NO2S2/c1-4(5(8)9)11-6-7-2-3-10-6/h4H,2-3H2,1H3,(H,8,9)/t4-/m0/s1. The van der Waals surface area contributed by atoms with E-state index in [1.807, 2.05) is 0 Å².